The van der Waals surface area contributed by atoms with E-state index in [9.17, 15) is 4.79 Å². The molecule has 16 heavy (non-hydrogen) atoms. The fraction of sp³-hybridized carbons (Fsp3) is 0.417. The number of carbonyl (C=O) groups is 1. The number of para-hydroxylation sites is 1. The summed E-state index contributed by atoms with van der Waals surface area (Å²) in [6.45, 7) is 4.04. The molecule has 0 N–H and O–H groups in total. The summed E-state index contributed by atoms with van der Waals surface area (Å²) in [5.74, 6) is 0.122. The van der Waals surface area contributed by atoms with Crippen molar-refractivity contribution < 1.29 is 4.79 Å². The number of halogens is 1. The molecule has 3 nitrogen and oxygen atoms in total. The highest BCUT2D eigenvalue weighted by Gasteiger charge is 2.20. The molecule has 1 heterocycles. The second-order valence-corrected chi connectivity index (χ2v) is 4.40. The summed E-state index contributed by atoms with van der Waals surface area (Å²) in [6, 6.07) is 7.75. The van der Waals surface area contributed by atoms with Crippen LogP contribution in [0.4, 0.5) is 5.69 Å². The lowest BCUT2D eigenvalue weighted by molar-refractivity contribution is -0.129. The Kier molecular flexibility index (Phi) is 3.34. The van der Waals surface area contributed by atoms with Crippen molar-refractivity contribution in [1.82, 2.24) is 4.90 Å². The van der Waals surface area contributed by atoms with Crippen LogP contribution in [-0.4, -0.2) is 30.6 Å². The first-order valence-corrected chi connectivity index (χ1v) is 5.81. The summed E-state index contributed by atoms with van der Waals surface area (Å²) in [5, 5.41) is 0.743. The molecule has 86 valence electrons. The van der Waals surface area contributed by atoms with Crippen LogP contribution < -0.4 is 4.90 Å². The second kappa shape index (κ2) is 4.74. The molecule has 1 aromatic rings. The van der Waals surface area contributed by atoms with Crippen molar-refractivity contribution in [3.05, 3.63) is 29.3 Å². The number of benzene rings is 1. The van der Waals surface area contributed by atoms with Crippen molar-refractivity contribution >= 4 is 23.2 Å². The molecule has 0 unspecified atom stereocenters. The van der Waals surface area contributed by atoms with Crippen molar-refractivity contribution in [1.29, 1.82) is 0 Å². The predicted octanol–water partition coefficient (Wildman–Crippen LogP) is 2.36. The van der Waals surface area contributed by atoms with Gasteiger partial charge in [-0.25, -0.2) is 0 Å². The molecule has 2 rings (SSSR count). The summed E-state index contributed by atoms with van der Waals surface area (Å²) < 4.78 is 0. The van der Waals surface area contributed by atoms with Crippen LogP contribution in [-0.2, 0) is 4.79 Å². The molecule has 0 bridgehead atoms. The summed E-state index contributed by atoms with van der Waals surface area (Å²) in [4.78, 5) is 15.3. The van der Waals surface area contributed by atoms with Crippen LogP contribution in [0.15, 0.2) is 24.3 Å². The molecule has 4 heteroatoms. The smallest absolute Gasteiger partial charge is 0.220 e. The molecule has 0 aliphatic carbocycles. The van der Waals surface area contributed by atoms with Crippen molar-refractivity contribution in [2.45, 2.75) is 13.3 Å². The van der Waals surface area contributed by atoms with Gasteiger partial charge in [0.25, 0.3) is 0 Å². The van der Waals surface area contributed by atoms with E-state index in [1.54, 1.807) is 6.92 Å². The van der Waals surface area contributed by atoms with Gasteiger partial charge in [-0.2, -0.15) is 0 Å². The van der Waals surface area contributed by atoms with Gasteiger partial charge < -0.3 is 9.80 Å². The minimum absolute atomic E-state index is 0.122. The quantitative estimate of drug-likeness (QED) is 0.750. The third-order valence-corrected chi connectivity index (χ3v) is 3.16. The van der Waals surface area contributed by atoms with Crippen LogP contribution in [0.3, 0.4) is 0 Å². The first-order chi connectivity index (χ1) is 7.68. The van der Waals surface area contributed by atoms with E-state index in [0.29, 0.717) is 6.67 Å². The largest absolute Gasteiger partial charge is 0.352 e. The van der Waals surface area contributed by atoms with Crippen LogP contribution in [0, 0.1) is 0 Å². The average molecular weight is 239 g/mol. The van der Waals surface area contributed by atoms with Crippen LogP contribution >= 0.6 is 11.6 Å². The SMILES string of the molecule is CC(=O)N1CCCN(c2ccccc2Cl)C1. The molecule has 0 atom stereocenters. The highest BCUT2D eigenvalue weighted by atomic mass is 35.5. The molecule has 0 saturated carbocycles. The van der Waals surface area contributed by atoms with Gasteiger partial charge in [-0.3, -0.25) is 4.79 Å². The summed E-state index contributed by atoms with van der Waals surface area (Å²) in [7, 11) is 0. The molecule has 0 spiro atoms. The van der Waals surface area contributed by atoms with Crippen LogP contribution in [0.2, 0.25) is 5.02 Å². The normalized spacial score (nSPS) is 16.4. The van der Waals surface area contributed by atoms with E-state index in [1.807, 2.05) is 29.2 Å². The maximum Gasteiger partial charge on any atom is 0.220 e. The van der Waals surface area contributed by atoms with E-state index in [0.717, 1.165) is 30.2 Å². The van der Waals surface area contributed by atoms with Gasteiger partial charge in [0.15, 0.2) is 0 Å². The highest BCUT2D eigenvalue weighted by molar-refractivity contribution is 6.33. The molecule has 1 fully saturated rings. The Balaban J connectivity index is 2.16. The number of hydrogen-bond acceptors (Lipinski definition) is 2. The third-order valence-electron chi connectivity index (χ3n) is 2.84. The Bertz CT molecular complexity index is 394. The van der Waals surface area contributed by atoms with Crippen LogP contribution in [0.1, 0.15) is 13.3 Å². The van der Waals surface area contributed by atoms with Crippen molar-refractivity contribution in [3.63, 3.8) is 0 Å². The van der Waals surface area contributed by atoms with Gasteiger partial charge in [-0.05, 0) is 18.6 Å². The molecular weight excluding hydrogens is 224 g/mol. The standard InChI is InChI=1S/C12H15ClN2O/c1-10(16)14-7-4-8-15(9-14)12-6-3-2-5-11(12)13/h2-3,5-6H,4,7-9H2,1H3. The number of carbonyl (C=O) groups excluding carboxylic acids is 1. The average Bonchev–Trinajstić information content (AvgIpc) is 2.30. The second-order valence-electron chi connectivity index (χ2n) is 3.99. The van der Waals surface area contributed by atoms with Crippen molar-refractivity contribution in [3.8, 4) is 0 Å². The topological polar surface area (TPSA) is 23.6 Å². The predicted molar refractivity (Wildman–Crippen MR) is 65.7 cm³/mol. The van der Waals surface area contributed by atoms with E-state index in [2.05, 4.69) is 4.90 Å². The van der Waals surface area contributed by atoms with E-state index in [4.69, 9.17) is 11.6 Å². The van der Waals surface area contributed by atoms with E-state index >= 15 is 0 Å². The Morgan fingerprint density at radius 3 is 2.75 bits per heavy atom. The van der Waals surface area contributed by atoms with Gasteiger partial charge in [0.1, 0.15) is 0 Å². The Morgan fingerprint density at radius 1 is 1.31 bits per heavy atom. The van der Waals surface area contributed by atoms with Gasteiger partial charge in [-0.1, -0.05) is 23.7 Å². The minimum atomic E-state index is 0.122. The monoisotopic (exact) mass is 238 g/mol. The maximum atomic E-state index is 11.3. The van der Waals surface area contributed by atoms with Gasteiger partial charge in [-0.15, -0.1) is 0 Å². The van der Waals surface area contributed by atoms with Gasteiger partial charge in [0.05, 0.1) is 17.4 Å². The van der Waals surface area contributed by atoms with Gasteiger partial charge >= 0.3 is 0 Å². The molecular formula is C12H15ClN2O. The summed E-state index contributed by atoms with van der Waals surface area (Å²) in [6.07, 6.45) is 0.991. The Hall–Kier alpha value is -1.22. The Labute approximate surface area is 101 Å². The van der Waals surface area contributed by atoms with Crippen LogP contribution in [0.25, 0.3) is 0 Å². The molecule has 1 aromatic carbocycles. The summed E-state index contributed by atoms with van der Waals surface area (Å²) in [5.41, 5.74) is 1.01. The lowest BCUT2D eigenvalue weighted by Gasteiger charge is -2.36. The fourth-order valence-electron chi connectivity index (χ4n) is 1.96. The zero-order chi connectivity index (χ0) is 11.5. The Morgan fingerprint density at radius 2 is 2.06 bits per heavy atom. The fourth-order valence-corrected chi connectivity index (χ4v) is 2.22. The lowest BCUT2D eigenvalue weighted by atomic mass is 10.2. The number of hydrogen-bond donors (Lipinski definition) is 0. The van der Waals surface area contributed by atoms with E-state index < -0.39 is 0 Å². The minimum Gasteiger partial charge on any atom is -0.352 e. The van der Waals surface area contributed by atoms with E-state index in [-0.39, 0.29) is 5.91 Å². The molecule has 1 saturated heterocycles. The zero-order valence-corrected chi connectivity index (χ0v) is 10.1. The third kappa shape index (κ3) is 2.30. The van der Waals surface area contributed by atoms with Crippen LogP contribution in [0.5, 0.6) is 0 Å². The number of anilines is 1. The molecule has 1 aliphatic heterocycles. The van der Waals surface area contributed by atoms with Gasteiger partial charge in [0, 0.05) is 20.0 Å². The number of nitrogens with zero attached hydrogens (tertiary/aromatic N) is 2. The lowest BCUT2D eigenvalue weighted by Crippen LogP contribution is -2.46. The zero-order valence-electron chi connectivity index (χ0n) is 9.32. The molecule has 1 aliphatic rings. The first kappa shape index (κ1) is 11.3. The first-order valence-electron chi connectivity index (χ1n) is 5.43. The maximum absolute atomic E-state index is 11.3. The summed E-state index contributed by atoms with van der Waals surface area (Å²) >= 11 is 6.14. The number of amides is 1. The number of rotatable bonds is 1. The molecule has 0 aromatic heterocycles. The molecule has 1 amide bonds. The molecule has 0 radical (unpaired) electrons. The van der Waals surface area contributed by atoms with E-state index in [1.165, 1.54) is 0 Å². The van der Waals surface area contributed by atoms with Crippen molar-refractivity contribution in [2.75, 3.05) is 24.7 Å². The highest BCUT2D eigenvalue weighted by Crippen LogP contribution is 2.26. The van der Waals surface area contributed by atoms with Crippen molar-refractivity contribution in [2.24, 2.45) is 0 Å². The van der Waals surface area contributed by atoms with Gasteiger partial charge in [0.2, 0.25) is 5.91 Å².